The van der Waals surface area contributed by atoms with Gasteiger partial charge in [-0.3, -0.25) is 0 Å². The molecule has 1 saturated heterocycles. The zero-order chi connectivity index (χ0) is 14.2. The molecule has 3 rings (SSSR count). The highest BCUT2D eigenvalue weighted by Gasteiger charge is 2.38. The predicted molar refractivity (Wildman–Crippen MR) is 76.5 cm³/mol. The fraction of sp³-hybridized carbons (Fsp3) is 0.308. The molecule has 1 aliphatic heterocycles. The highest BCUT2D eigenvalue weighted by molar-refractivity contribution is 7.89. The van der Waals surface area contributed by atoms with Gasteiger partial charge >= 0.3 is 0 Å². The molecule has 1 aliphatic rings. The van der Waals surface area contributed by atoms with Crippen LogP contribution in [0.5, 0.6) is 5.19 Å². The normalized spacial score (nSPS) is 16.9. The zero-order valence-corrected chi connectivity index (χ0v) is 12.5. The minimum absolute atomic E-state index is 0.110. The number of aromatic nitrogens is 1. The first-order valence-corrected chi connectivity index (χ1v) is 8.50. The van der Waals surface area contributed by atoms with Crippen LogP contribution in [0.25, 0.3) is 0 Å². The lowest BCUT2D eigenvalue weighted by molar-refractivity contribution is 0.0759. The van der Waals surface area contributed by atoms with Gasteiger partial charge in [0.05, 0.1) is 18.0 Å². The summed E-state index contributed by atoms with van der Waals surface area (Å²) in [4.78, 5) is 4.36. The van der Waals surface area contributed by atoms with Crippen LogP contribution in [0.15, 0.2) is 40.7 Å². The van der Waals surface area contributed by atoms with Gasteiger partial charge in [0, 0.05) is 11.6 Å². The van der Waals surface area contributed by atoms with Gasteiger partial charge in [-0.2, -0.15) is 4.31 Å². The smallest absolute Gasteiger partial charge is 0.273 e. The van der Waals surface area contributed by atoms with Crippen molar-refractivity contribution in [1.82, 2.24) is 9.29 Å². The van der Waals surface area contributed by atoms with Gasteiger partial charge in [0.1, 0.15) is 6.10 Å². The Morgan fingerprint density at radius 1 is 1.40 bits per heavy atom. The van der Waals surface area contributed by atoms with Crippen LogP contribution in [0.3, 0.4) is 0 Å². The molecule has 0 bridgehead atoms. The Labute approximate surface area is 121 Å². The second kappa shape index (κ2) is 5.16. The van der Waals surface area contributed by atoms with Crippen molar-refractivity contribution in [3.05, 3.63) is 41.4 Å². The van der Waals surface area contributed by atoms with Crippen molar-refractivity contribution < 1.29 is 13.2 Å². The molecule has 0 aliphatic carbocycles. The molecule has 1 aromatic carbocycles. The van der Waals surface area contributed by atoms with Crippen LogP contribution in [-0.2, 0) is 10.0 Å². The highest BCUT2D eigenvalue weighted by atomic mass is 32.2. The fourth-order valence-electron chi connectivity index (χ4n) is 2.01. The number of aryl methyl sites for hydroxylation is 1. The number of thiazole rings is 1. The molecular weight excluding hydrogens is 296 g/mol. The van der Waals surface area contributed by atoms with Crippen LogP contribution < -0.4 is 4.74 Å². The highest BCUT2D eigenvalue weighted by Crippen LogP contribution is 2.25. The van der Waals surface area contributed by atoms with Crippen LogP contribution in [0.1, 0.15) is 5.56 Å². The molecule has 1 fully saturated rings. The van der Waals surface area contributed by atoms with E-state index in [9.17, 15) is 8.42 Å². The van der Waals surface area contributed by atoms with Crippen molar-refractivity contribution in [1.29, 1.82) is 0 Å². The van der Waals surface area contributed by atoms with E-state index in [0.29, 0.717) is 23.2 Å². The molecule has 2 heterocycles. The maximum Gasteiger partial charge on any atom is 0.273 e. The lowest BCUT2D eigenvalue weighted by Crippen LogP contribution is -2.55. The lowest BCUT2D eigenvalue weighted by Gasteiger charge is -2.37. The number of rotatable bonds is 4. The number of sulfonamides is 1. The summed E-state index contributed by atoms with van der Waals surface area (Å²) in [5, 5.41) is 2.41. The van der Waals surface area contributed by atoms with Gasteiger partial charge in [0.15, 0.2) is 0 Å². The van der Waals surface area contributed by atoms with E-state index in [1.807, 2.05) is 18.4 Å². The van der Waals surface area contributed by atoms with E-state index in [4.69, 9.17) is 4.74 Å². The molecule has 7 heteroatoms. The van der Waals surface area contributed by atoms with E-state index in [0.717, 1.165) is 5.56 Å². The SMILES string of the molecule is Cc1cccc(S(=O)(=O)N2CC(Oc3nccs3)C2)c1. The lowest BCUT2D eigenvalue weighted by atomic mass is 10.2. The Morgan fingerprint density at radius 3 is 2.85 bits per heavy atom. The number of hydrogen-bond acceptors (Lipinski definition) is 5. The molecule has 20 heavy (non-hydrogen) atoms. The van der Waals surface area contributed by atoms with Gasteiger partial charge in [-0.1, -0.05) is 23.5 Å². The van der Waals surface area contributed by atoms with E-state index < -0.39 is 10.0 Å². The Hall–Kier alpha value is -1.44. The predicted octanol–water partition coefficient (Wildman–Crippen LogP) is 1.90. The summed E-state index contributed by atoms with van der Waals surface area (Å²) in [6.07, 6.45) is 1.56. The molecule has 0 atom stereocenters. The summed E-state index contributed by atoms with van der Waals surface area (Å²) < 4.78 is 31.8. The van der Waals surface area contributed by atoms with Crippen LogP contribution in [0.4, 0.5) is 0 Å². The Morgan fingerprint density at radius 2 is 2.20 bits per heavy atom. The second-order valence-electron chi connectivity index (χ2n) is 4.68. The summed E-state index contributed by atoms with van der Waals surface area (Å²) in [6, 6.07) is 6.94. The van der Waals surface area contributed by atoms with Crippen LogP contribution in [-0.4, -0.2) is 36.9 Å². The largest absolute Gasteiger partial charge is 0.464 e. The first-order chi connectivity index (χ1) is 9.55. The van der Waals surface area contributed by atoms with E-state index in [-0.39, 0.29) is 6.10 Å². The molecule has 0 spiro atoms. The summed E-state index contributed by atoms with van der Waals surface area (Å²) in [7, 11) is -3.40. The van der Waals surface area contributed by atoms with Crippen LogP contribution in [0, 0.1) is 6.92 Å². The van der Waals surface area contributed by atoms with Crippen molar-refractivity contribution in [2.75, 3.05) is 13.1 Å². The Balaban J connectivity index is 1.67. The fourth-order valence-corrected chi connectivity index (χ4v) is 4.17. The zero-order valence-electron chi connectivity index (χ0n) is 10.9. The van der Waals surface area contributed by atoms with Crippen molar-refractivity contribution in [2.24, 2.45) is 0 Å². The summed E-state index contributed by atoms with van der Waals surface area (Å²) >= 11 is 1.41. The quantitative estimate of drug-likeness (QED) is 0.865. The first kappa shape index (κ1) is 13.5. The third-order valence-electron chi connectivity index (χ3n) is 3.12. The minimum Gasteiger partial charge on any atom is -0.464 e. The Kier molecular flexibility index (Phi) is 3.49. The van der Waals surface area contributed by atoms with E-state index in [1.54, 1.807) is 24.4 Å². The molecule has 106 valence electrons. The number of benzene rings is 1. The topological polar surface area (TPSA) is 59.5 Å². The van der Waals surface area contributed by atoms with E-state index >= 15 is 0 Å². The second-order valence-corrected chi connectivity index (χ2v) is 7.47. The van der Waals surface area contributed by atoms with Crippen LogP contribution in [0.2, 0.25) is 0 Å². The Bertz CT molecular complexity index is 692. The maximum atomic E-state index is 12.4. The molecule has 0 N–H and O–H groups in total. The summed E-state index contributed by atoms with van der Waals surface area (Å²) in [5.41, 5.74) is 0.933. The van der Waals surface area contributed by atoms with Crippen molar-refractivity contribution in [2.45, 2.75) is 17.9 Å². The van der Waals surface area contributed by atoms with Gasteiger partial charge in [-0.25, -0.2) is 13.4 Å². The standard InChI is InChI=1S/C13H14N2O3S2/c1-10-3-2-4-12(7-10)20(16,17)15-8-11(9-15)18-13-14-5-6-19-13/h2-7,11H,8-9H2,1H3. The molecular formula is C13H14N2O3S2. The average molecular weight is 310 g/mol. The monoisotopic (exact) mass is 310 g/mol. The molecule has 0 amide bonds. The number of ether oxygens (including phenoxy) is 1. The maximum absolute atomic E-state index is 12.4. The number of hydrogen-bond donors (Lipinski definition) is 0. The van der Waals surface area contributed by atoms with Crippen molar-refractivity contribution in [3.8, 4) is 5.19 Å². The average Bonchev–Trinajstić information content (AvgIpc) is 2.86. The molecule has 0 radical (unpaired) electrons. The summed E-state index contributed by atoms with van der Waals surface area (Å²) in [6.45, 7) is 2.62. The molecule has 1 aromatic heterocycles. The third kappa shape index (κ3) is 2.56. The van der Waals surface area contributed by atoms with E-state index in [2.05, 4.69) is 4.98 Å². The van der Waals surface area contributed by atoms with Gasteiger partial charge in [-0.15, -0.1) is 0 Å². The van der Waals surface area contributed by atoms with Gasteiger partial charge in [0.25, 0.3) is 5.19 Å². The number of nitrogens with zero attached hydrogens (tertiary/aromatic N) is 2. The van der Waals surface area contributed by atoms with Gasteiger partial charge in [-0.05, 0) is 24.6 Å². The van der Waals surface area contributed by atoms with Gasteiger partial charge in [0.2, 0.25) is 10.0 Å². The first-order valence-electron chi connectivity index (χ1n) is 6.19. The summed E-state index contributed by atoms with van der Waals surface area (Å²) in [5.74, 6) is 0. The van der Waals surface area contributed by atoms with Crippen molar-refractivity contribution in [3.63, 3.8) is 0 Å². The van der Waals surface area contributed by atoms with E-state index in [1.165, 1.54) is 15.6 Å². The van der Waals surface area contributed by atoms with Crippen molar-refractivity contribution >= 4 is 21.4 Å². The molecule has 5 nitrogen and oxygen atoms in total. The molecule has 2 aromatic rings. The molecule has 0 saturated carbocycles. The van der Waals surface area contributed by atoms with Gasteiger partial charge < -0.3 is 4.74 Å². The minimum atomic E-state index is -3.40. The van der Waals surface area contributed by atoms with Crippen LogP contribution >= 0.6 is 11.3 Å². The molecule has 0 unspecified atom stereocenters. The third-order valence-corrected chi connectivity index (χ3v) is 5.61.